The number of hydrogen-bond acceptors (Lipinski definition) is 5. The van der Waals surface area contributed by atoms with Crippen molar-refractivity contribution in [3.63, 3.8) is 0 Å². The van der Waals surface area contributed by atoms with Gasteiger partial charge in [0.15, 0.2) is 0 Å². The lowest BCUT2D eigenvalue weighted by Crippen LogP contribution is -2.10. The van der Waals surface area contributed by atoms with E-state index in [2.05, 4.69) is 15.4 Å². The highest BCUT2D eigenvalue weighted by Crippen LogP contribution is 2.35. The largest absolute Gasteiger partial charge is 0.398 e. The maximum Gasteiger partial charge on any atom is 0.248 e. The fraction of sp³-hybridized carbons (Fsp3) is 0.130. The van der Waals surface area contributed by atoms with Crippen LogP contribution in [0.3, 0.4) is 0 Å². The fourth-order valence-electron chi connectivity index (χ4n) is 3.14. The number of nitrogens with two attached hydrogens (primary N) is 1. The van der Waals surface area contributed by atoms with Crippen LogP contribution in [0.2, 0.25) is 0 Å². The number of anilines is 1. The van der Waals surface area contributed by atoms with Crippen LogP contribution in [0.1, 0.15) is 30.0 Å². The van der Waals surface area contributed by atoms with E-state index >= 15 is 0 Å². The summed E-state index contributed by atoms with van der Waals surface area (Å²) in [4.78, 5) is 16.5. The Bertz CT molecular complexity index is 1190. The molecule has 4 N–H and O–H groups in total. The maximum atomic E-state index is 14.3. The third-order valence-corrected chi connectivity index (χ3v) is 4.92. The summed E-state index contributed by atoms with van der Waals surface area (Å²) in [6.45, 7) is 0. The van der Waals surface area contributed by atoms with E-state index in [-0.39, 0.29) is 11.4 Å². The van der Waals surface area contributed by atoms with Gasteiger partial charge >= 0.3 is 0 Å². The molecule has 2 heterocycles. The molecule has 0 radical (unpaired) electrons. The number of hydrogen-bond donors (Lipinski definition) is 3. The second kappa shape index (κ2) is 8.74. The van der Waals surface area contributed by atoms with E-state index in [4.69, 9.17) is 11.1 Å². The van der Waals surface area contributed by atoms with Crippen molar-refractivity contribution < 1.29 is 9.18 Å². The molecular weight excluding hydrogens is 395 g/mol. The summed E-state index contributed by atoms with van der Waals surface area (Å²) in [7, 11) is 0. The molecule has 0 saturated heterocycles. The smallest absolute Gasteiger partial charge is 0.248 e. The summed E-state index contributed by atoms with van der Waals surface area (Å²) in [6, 6.07) is 6.58. The standard InChI is InChI=1S/C23H21FN6O/c24-20-11-15(21(26)7-9-25)1-5-22(20)29-23(31)6-2-16-12-27-10-8-19(16)17-13-28-30(14-17)18-3-4-18/h1-2,5-14,18,25H,3-4,26H2,(H,29,31)/b6-2+,21-7-,25-9?. The maximum absolute atomic E-state index is 14.3. The third kappa shape index (κ3) is 4.75. The number of nitrogens with one attached hydrogen (secondary N) is 2. The van der Waals surface area contributed by atoms with Crippen LogP contribution in [0.4, 0.5) is 10.1 Å². The van der Waals surface area contributed by atoms with Gasteiger partial charge in [0.25, 0.3) is 0 Å². The van der Waals surface area contributed by atoms with Crippen molar-refractivity contribution in [1.29, 1.82) is 5.41 Å². The molecule has 0 bridgehead atoms. The molecule has 1 aliphatic rings. The number of allylic oxidation sites excluding steroid dienone is 1. The Balaban J connectivity index is 1.48. The molecule has 1 saturated carbocycles. The van der Waals surface area contributed by atoms with Crippen molar-refractivity contribution in [2.45, 2.75) is 18.9 Å². The minimum absolute atomic E-state index is 0.0400. The summed E-state index contributed by atoms with van der Waals surface area (Å²) in [5, 5.41) is 14.0. The topological polar surface area (TPSA) is 110 Å². The van der Waals surface area contributed by atoms with E-state index < -0.39 is 11.7 Å². The van der Waals surface area contributed by atoms with Crippen LogP contribution in [0, 0.1) is 11.2 Å². The van der Waals surface area contributed by atoms with Gasteiger partial charge in [-0.1, -0.05) is 6.07 Å². The van der Waals surface area contributed by atoms with Crippen LogP contribution < -0.4 is 11.1 Å². The van der Waals surface area contributed by atoms with Gasteiger partial charge in [-0.15, -0.1) is 0 Å². The zero-order valence-corrected chi connectivity index (χ0v) is 16.6. The molecule has 1 fully saturated rings. The molecule has 0 spiro atoms. The Morgan fingerprint density at radius 1 is 1.29 bits per heavy atom. The van der Waals surface area contributed by atoms with Gasteiger partial charge in [-0.05, 0) is 48.8 Å². The Labute approximate surface area is 178 Å². The first-order valence-corrected chi connectivity index (χ1v) is 9.79. The number of carbonyl (C=O) groups excluding carboxylic acids is 1. The van der Waals surface area contributed by atoms with Gasteiger partial charge in [0.2, 0.25) is 5.91 Å². The summed E-state index contributed by atoms with van der Waals surface area (Å²) in [5.41, 5.74) is 9.11. The van der Waals surface area contributed by atoms with Crippen molar-refractivity contribution in [3.05, 3.63) is 78.1 Å². The monoisotopic (exact) mass is 416 g/mol. The van der Waals surface area contributed by atoms with Gasteiger partial charge in [0.05, 0.1) is 17.9 Å². The summed E-state index contributed by atoms with van der Waals surface area (Å²) in [6.07, 6.45) is 14.8. The zero-order valence-electron chi connectivity index (χ0n) is 16.6. The minimum atomic E-state index is -0.616. The second-order valence-corrected chi connectivity index (χ2v) is 7.21. The average Bonchev–Trinajstić information content (AvgIpc) is 3.51. The van der Waals surface area contributed by atoms with Gasteiger partial charge < -0.3 is 16.5 Å². The van der Waals surface area contributed by atoms with Crippen molar-refractivity contribution in [2.24, 2.45) is 5.73 Å². The highest BCUT2D eigenvalue weighted by Gasteiger charge is 2.24. The average molecular weight is 416 g/mol. The molecular formula is C23H21FN6O. The molecule has 2 aromatic heterocycles. The van der Waals surface area contributed by atoms with Crippen LogP contribution in [-0.4, -0.2) is 26.9 Å². The Hall–Kier alpha value is -4.07. The number of pyridine rings is 1. The molecule has 0 atom stereocenters. The molecule has 1 aromatic carbocycles. The van der Waals surface area contributed by atoms with E-state index in [9.17, 15) is 9.18 Å². The predicted octanol–water partition coefficient (Wildman–Crippen LogP) is 4.02. The van der Waals surface area contributed by atoms with Crippen LogP contribution in [0.15, 0.2) is 61.2 Å². The lowest BCUT2D eigenvalue weighted by atomic mass is 10.0. The van der Waals surface area contributed by atoms with Crippen LogP contribution in [0.25, 0.3) is 22.9 Å². The minimum Gasteiger partial charge on any atom is -0.398 e. The third-order valence-electron chi connectivity index (χ3n) is 4.92. The molecule has 156 valence electrons. The predicted molar refractivity (Wildman–Crippen MR) is 119 cm³/mol. The van der Waals surface area contributed by atoms with Crippen LogP contribution in [-0.2, 0) is 4.79 Å². The lowest BCUT2D eigenvalue weighted by Gasteiger charge is -2.07. The van der Waals surface area contributed by atoms with Crippen LogP contribution in [0.5, 0.6) is 0 Å². The Kier molecular flexibility index (Phi) is 5.70. The summed E-state index contributed by atoms with van der Waals surface area (Å²) < 4.78 is 16.3. The van der Waals surface area contributed by atoms with Gasteiger partial charge in [-0.25, -0.2) is 4.39 Å². The fourth-order valence-corrected chi connectivity index (χ4v) is 3.14. The number of carbonyl (C=O) groups is 1. The molecule has 7 nitrogen and oxygen atoms in total. The van der Waals surface area contributed by atoms with Gasteiger partial charge in [0.1, 0.15) is 5.82 Å². The molecule has 31 heavy (non-hydrogen) atoms. The van der Waals surface area contributed by atoms with Crippen molar-refractivity contribution in [1.82, 2.24) is 14.8 Å². The van der Waals surface area contributed by atoms with E-state index in [1.807, 2.05) is 16.9 Å². The zero-order chi connectivity index (χ0) is 21.8. The number of rotatable bonds is 7. The number of benzene rings is 1. The first kappa shape index (κ1) is 20.2. The van der Waals surface area contributed by atoms with E-state index in [1.54, 1.807) is 30.7 Å². The quantitative estimate of drug-likeness (QED) is 0.399. The van der Waals surface area contributed by atoms with E-state index in [0.717, 1.165) is 35.7 Å². The first-order valence-electron chi connectivity index (χ1n) is 9.79. The van der Waals surface area contributed by atoms with Crippen LogP contribution >= 0.6 is 0 Å². The molecule has 8 heteroatoms. The first-order chi connectivity index (χ1) is 15.0. The van der Waals surface area contributed by atoms with Crippen molar-refractivity contribution >= 4 is 29.6 Å². The van der Waals surface area contributed by atoms with E-state index in [0.29, 0.717) is 11.6 Å². The molecule has 1 aliphatic carbocycles. The molecule has 3 aromatic rings. The normalized spacial score (nSPS) is 14.0. The SMILES string of the molecule is N=C/C=C(\N)c1ccc(NC(=O)/C=C/c2cnccc2-c2cnn(C3CC3)c2)c(F)c1. The van der Waals surface area contributed by atoms with Gasteiger partial charge in [-0.2, -0.15) is 5.10 Å². The molecule has 0 aliphatic heterocycles. The van der Waals surface area contributed by atoms with Crippen molar-refractivity contribution in [2.75, 3.05) is 5.32 Å². The molecule has 4 rings (SSSR count). The van der Waals surface area contributed by atoms with E-state index in [1.165, 1.54) is 24.3 Å². The number of aromatic nitrogens is 3. The number of nitrogens with zero attached hydrogens (tertiary/aromatic N) is 3. The Morgan fingerprint density at radius 2 is 2.13 bits per heavy atom. The molecule has 1 amide bonds. The summed E-state index contributed by atoms with van der Waals surface area (Å²) in [5.74, 6) is -1.09. The van der Waals surface area contributed by atoms with Gasteiger partial charge in [0, 0.05) is 53.3 Å². The number of amides is 1. The summed E-state index contributed by atoms with van der Waals surface area (Å²) >= 11 is 0. The van der Waals surface area contributed by atoms with Crippen molar-refractivity contribution in [3.8, 4) is 11.1 Å². The molecule has 0 unspecified atom stereocenters. The second-order valence-electron chi connectivity index (χ2n) is 7.21. The Morgan fingerprint density at radius 3 is 2.87 bits per heavy atom. The number of halogens is 1. The lowest BCUT2D eigenvalue weighted by molar-refractivity contribution is -0.111. The van der Waals surface area contributed by atoms with Gasteiger partial charge in [-0.3, -0.25) is 14.5 Å². The highest BCUT2D eigenvalue weighted by atomic mass is 19.1. The highest BCUT2D eigenvalue weighted by molar-refractivity contribution is 6.02.